The van der Waals surface area contributed by atoms with E-state index in [1.54, 1.807) is 6.08 Å². The van der Waals surface area contributed by atoms with Gasteiger partial charge in [-0.3, -0.25) is 0 Å². The first-order chi connectivity index (χ1) is 16.7. The van der Waals surface area contributed by atoms with Gasteiger partial charge in [0.2, 0.25) is 0 Å². The quantitative estimate of drug-likeness (QED) is 0.237. The zero-order valence-electron chi connectivity index (χ0n) is 22.7. The van der Waals surface area contributed by atoms with Gasteiger partial charge in [0.15, 0.2) is 8.24 Å². The topological polar surface area (TPSA) is 8.17 Å². The summed E-state index contributed by atoms with van der Waals surface area (Å²) in [6.07, 6.45) is 6.61. The maximum Gasteiger partial charge on any atom is 0.169 e. The molecule has 0 atom stereocenters. The van der Waals surface area contributed by atoms with E-state index in [-0.39, 0.29) is 5.83 Å². The first-order valence-electron chi connectivity index (χ1n) is 13.4. The first kappa shape index (κ1) is 25.9. The van der Waals surface area contributed by atoms with Gasteiger partial charge in [0, 0.05) is 16.5 Å². The van der Waals surface area contributed by atoms with E-state index in [1.807, 2.05) is 30.3 Å². The fourth-order valence-corrected chi connectivity index (χ4v) is 13.6. The van der Waals surface area contributed by atoms with Crippen LogP contribution < -0.4 is 0 Å². The Hall–Kier alpha value is -2.17. The maximum atomic E-state index is 15.1. The summed E-state index contributed by atoms with van der Waals surface area (Å²) in [5.74, 6) is 0.381. The smallest absolute Gasteiger partial charge is 0.169 e. The lowest BCUT2D eigenvalue weighted by molar-refractivity contribution is 0.256. The van der Waals surface area contributed by atoms with Crippen LogP contribution in [0.4, 0.5) is 4.39 Å². The van der Waals surface area contributed by atoms with E-state index < -0.39 is 8.24 Å². The third-order valence-electron chi connectivity index (χ3n) is 8.55. The second-order valence-corrected chi connectivity index (χ2v) is 17.2. The van der Waals surface area contributed by atoms with Crippen molar-refractivity contribution in [3.63, 3.8) is 0 Å². The SMILES string of the molecule is CC(C)[Si](C(C)C)(C(C)C)n1cc(C2CCN(C)CC2)c2cc(C=C(F)c3ccccc3)ccc21. The molecule has 0 bridgehead atoms. The third-order valence-corrected chi connectivity index (χ3v) is 15.3. The number of nitrogens with zero attached hydrogens (tertiary/aromatic N) is 2. The average molecular weight is 491 g/mol. The lowest BCUT2D eigenvalue weighted by atomic mass is 9.89. The zero-order valence-corrected chi connectivity index (χ0v) is 23.7. The molecule has 4 heteroatoms. The number of hydrogen-bond donors (Lipinski definition) is 0. The van der Waals surface area contributed by atoms with Gasteiger partial charge in [-0.1, -0.05) is 77.9 Å². The molecule has 2 nitrogen and oxygen atoms in total. The van der Waals surface area contributed by atoms with Crippen molar-refractivity contribution in [3.05, 3.63) is 71.4 Å². The van der Waals surface area contributed by atoms with Crippen LogP contribution in [0, 0.1) is 0 Å². The minimum Gasteiger partial charge on any atom is -0.373 e. The minimum absolute atomic E-state index is 0.180. The Morgan fingerprint density at radius 3 is 2.09 bits per heavy atom. The molecule has 0 unspecified atom stereocenters. The Morgan fingerprint density at radius 1 is 0.914 bits per heavy atom. The highest BCUT2D eigenvalue weighted by molar-refractivity contribution is 6.82. The summed E-state index contributed by atoms with van der Waals surface area (Å²) in [5, 5.41) is 1.33. The standard InChI is InChI=1S/C31H43FN2Si/c1-22(2)35(23(3)4,24(5)6)34-21-29(26-15-17-33(7)18-16-26)28-19-25(13-14-31(28)34)20-30(32)27-11-9-8-10-12-27/h8-14,19-24,26H,15-18H2,1-7H3. The first-order valence-corrected chi connectivity index (χ1v) is 15.6. The number of aromatic nitrogens is 1. The van der Waals surface area contributed by atoms with E-state index in [0.29, 0.717) is 28.1 Å². The number of likely N-dealkylation sites (tertiary alicyclic amines) is 1. The Labute approximate surface area is 212 Å². The van der Waals surface area contributed by atoms with Crippen molar-refractivity contribution < 1.29 is 4.39 Å². The van der Waals surface area contributed by atoms with Gasteiger partial charge >= 0.3 is 0 Å². The molecule has 188 valence electrons. The van der Waals surface area contributed by atoms with Gasteiger partial charge in [0.1, 0.15) is 5.83 Å². The van der Waals surface area contributed by atoms with Crippen LogP contribution in [0.25, 0.3) is 22.8 Å². The Balaban J connectivity index is 1.91. The molecule has 1 aliphatic heterocycles. The summed E-state index contributed by atoms with van der Waals surface area (Å²) in [7, 11) is 0.316. The van der Waals surface area contributed by atoms with Crippen molar-refractivity contribution in [1.29, 1.82) is 0 Å². The van der Waals surface area contributed by atoms with E-state index in [1.165, 1.54) is 29.3 Å². The fourth-order valence-electron chi connectivity index (χ4n) is 6.99. The molecule has 0 radical (unpaired) electrons. The number of piperidine rings is 1. The molecule has 2 aromatic carbocycles. The van der Waals surface area contributed by atoms with Crippen LogP contribution >= 0.6 is 0 Å². The lowest BCUT2D eigenvalue weighted by Crippen LogP contribution is -2.51. The Bertz CT molecular complexity index is 1150. The predicted molar refractivity (Wildman–Crippen MR) is 153 cm³/mol. The number of fused-ring (bicyclic) bond motifs is 1. The molecule has 3 aromatic rings. The van der Waals surface area contributed by atoms with Gasteiger partial charge < -0.3 is 9.13 Å². The van der Waals surface area contributed by atoms with Crippen molar-refractivity contribution in [3.8, 4) is 0 Å². The highest BCUT2D eigenvalue weighted by atomic mass is 28.3. The molecule has 2 heterocycles. The third kappa shape index (κ3) is 4.80. The van der Waals surface area contributed by atoms with Gasteiger partial charge in [-0.2, -0.15) is 0 Å². The molecule has 1 fully saturated rings. The van der Waals surface area contributed by atoms with E-state index >= 15 is 4.39 Å². The van der Waals surface area contributed by atoms with E-state index in [2.05, 4.69) is 82.1 Å². The Kier molecular flexibility index (Phi) is 7.73. The summed E-state index contributed by atoms with van der Waals surface area (Å²) < 4.78 is 17.8. The average Bonchev–Trinajstić information content (AvgIpc) is 3.18. The predicted octanol–water partition coefficient (Wildman–Crippen LogP) is 8.94. The van der Waals surface area contributed by atoms with Gasteiger partial charge in [0.05, 0.1) is 0 Å². The molecule has 4 rings (SSSR count). The Morgan fingerprint density at radius 2 is 1.51 bits per heavy atom. The number of halogens is 1. The number of hydrogen-bond acceptors (Lipinski definition) is 1. The largest absolute Gasteiger partial charge is 0.373 e. The van der Waals surface area contributed by atoms with Crippen LogP contribution in [-0.2, 0) is 0 Å². The summed E-state index contributed by atoms with van der Waals surface area (Å²) in [6, 6.07) is 16.0. The molecule has 0 aliphatic carbocycles. The molecule has 0 saturated carbocycles. The second-order valence-electron chi connectivity index (χ2n) is 11.5. The summed E-state index contributed by atoms with van der Waals surface area (Å²) in [6.45, 7) is 16.9. The van der Waals surface area contributed by atoms with E-state index in [4.69, 9.17) is 0 Å². The van der Waals surface area contributed by atoms with E-state index in [0.717, 1.165) is 18.7 Å². The van der Waals surface area contributed by atoms with Crippen LogP contribution in [0.1, 0.15) is 77.0 Å². The number of rotatable bonds is 7. The van der Waals surface area contributed by atoms with Crippen molar-refractivity contribution in [2.45, 2.75) is 76.9 Å². The maximum absolute atomic E-state index is 15.1. The molecule has 1 aromatic heterocycles. The van der Waals surface area contributed by atoms with Crippen molar-refractivity contribution >= 4 is 31.0 Å². The number of benzene rings is 2. The van der Waals surface area contributed by atoms with E-state index in [9.17, 15) is 0 Å². The second kappa shape index (κ2) is 10.4. The highest BCUT2D eigenvalue weighted by Gasteiger charge is 2.46. The molecular formula is C31H43FN2Si. The van der Waals surface area contributed by atoms with Crippen LogP contribution in [0.3, 0.4) is 0 Å². The minimum atomic E-state index is -1.91. The van der Waals surface area contributed by atoms with Gasteiger partial charge in [-0.25, -0.2) is 4.39 Å². The zero-order chi connectivity index (χ0) is 25.3. The molecule has 0 spiro atoms. The van der Waals surface area contributed by atoms with Gasteiger partial charge in [-0.15, -0.1) is 0 Å². The normalized spacial score (nSPS) is 16.8. The molecular weight excluding hydrogens is 447 g/mol. The van der Waals surface area contributed by atoms with Crippen molar-refractivity contribution in [2.75, 3.05) is 20.1 Å². The molecule has 1 saturated heterocycles. The van der Waals surface area contributed by atoms with Crippen LogP contribution in [0.5, 0.6) is 0 Å². The summed E-state index contributed by atoms with van der Waals surface area (Å²) in [5.41, 5.74) is 6.26. The lowest BCUT2D eigenvalue weighted by Gasteiger charge is -2.44. The monoisotopic (exact) mass is 490 g/mol. The molecule has 0 amide bonds. The molecule has 1 aliphatic rings. The fraction of sp³-hybridized carbons (Fsp3) is 0.484. The van der Waals surface area contributed by atoms with Crippen molar-refractivity contribution in [1.82, 2.24) is 9.13 Å². The molecule has 35 heavy (non-hydrogen) atoms. The molecule has 0 N–H and O–H groups in total. The highest BCUT2D eigenvalue weighted by Crippen LogP contribution is 2.46. The van der Waals surface area contributed by atoms with Crippen LogP contribution in [0.2, 0.25) is 16.6 Å². The van der Waals surface area contributed by atoms with Gasteiger partial charge in [0.25, 0.3) is 0 Å². The summed E-state index contributed by atoms with van der Waals surface area (Å²) >= 11 is 0. The van der Waals surface area contributed by atoms with Crippen LogP contribution in [0.15, 0.2) is 54.7 Å². The summed E-state index contributed by atoms with van der Waals surface area (Å²) in [4.78, 5) is 2.44. The van der Waals surface area contributed by atoms with Gasteiger partial charge in [-0.05, 0) is 91.1 Å². The van der Waals surface area contributed by atoms with Crippen molar-refractivity contribution in [2.24, 2.45) is 0 Å². The van der Waals surface area contributed by atoms with Crippen LogP contribution in [-0.4, -0.2) is 37.5 Å².